The molecular formula is C17H16NO3+. The summed E-state index contributed by atoms with van der Waals surface area (Å²) in [4.78, 5) is 12.1. The number of carbonyl (C=O) groups excluding carboxylic acids is 1. The first-order valence-corrected chi connectivity index (χ1v) is 6.86. The molecule has 3 aromatic rings. The third-order valence-corrected chi connectivity index (χ3v) is 3.31. The molecule has 21 heavy (non-hydrogen) atoms. The fourth-order valence-electron chi connectivity index (χ4n) is 2.36. The molecule has 106 valence electrons. The molecule has 0 aliphatic heterocycles. The summed E-state index contributed by atoms with van der Waals surface area (Å²) < 4.78 is 12.6. The van der Waals surface area contributed by atoms with E-state index in [1.807, 2.05) is 47.9 Å². The van der Waals surface area contributed by atoms with Gasteiger partial charge < -0.3 is 9.15 Å². The van der Waals surface area contributed by atoms with Gasteiger partial charge in [-0.3, -0.25) is 0 Å². The van der Waals surface area contributed by atoms with E-state index in [0.717, 1.165) is 22.5 Å². The van der Waals surface area contributed by atoms with Crippen molar-refractivity contribution < 1.29 is 18.3 Å². The maximum Gasteiger partial charge on any atom is 0.344 e. The van der Waals surface area contributed by atoms with E-state index >= 15 is 0 Å². The lowest BCUT2D eigenvalue weighted by atomic mass is 10.1. The second kappa shape index (κ2) is 5.40. The molecule has 0 bridgehead atoms. The number of hydrogen-bond donors (Lipinski definition) is 0. The van der Waals surface area contributed by atoms with Gasteiger partial charge in [-0.05, 0) is 38.1 Å². The van der Waals surface area contributed by atoms with Crippen LogP contribution in [0.1, 0.15) is 22.8 Å². The minimum Gasteiger partial charge on any atom is -0.462 e. The average Bonchev–Trinajstić information content (AvgIpc) is 3.00. The van der Waals surface area contributed by atoms with Crippen LogP contribution in [-0.2, 0) is 4.74 Å². The minimum atomic E-state index is -0.315. The summed E-state index contributed by atoms with van der Waals surface area (Å²) in [5.74, 6) is 0.441. The first kappa shape index (κ1) is 13.4. The number of esters is 1. The Bertz CT molecular complexity index is 791. The van der Waals surface area contributed by atoms with Crippen molar-refractivity contribution in [2.75, 3.05) is 6.61 Å². The van der Waals surface area contributed by atoms with Crippen molar-refractivity contribution in [2.45, 2.75) is 13.8 Å². The van der Waals surface area contributed by atoms with Crippen molar-refractivity contribution in [1.29, 1.82) is 0 Å². The zero-order valence-corrected chi connectivity index (χ0v) is 12.0. The lowest BCUT2D eigenvalue weighted by Gasteiger charge is -2.04. The van der Waals surface area contributed by atoms with Crippen LogP contribution < -0.4 is 4.40 Å². The predicted octanol–water partition coefficient (Wildman–Crippen LogP) is 3.17. The van der Waals surface area contributed by atoms with Gasteiger partial charge in [0.2, 0.25) is 5.52 Å². The second-order valence-corrected chi connectivity index (χ2v) is 4.79. The highest BCUT2D eigenvalue weighted by Gasteiger charge is 2.22. The number of hydrogen-bond acceptors (Lipinski definition) is 3. The summed E-state index contributed by atoms with van der Waals surface area (Å²) in [6.45, 7) is 4.17. The summed E-state index contributed by atoms with van der Waals surface area (Å²) in [6, 6.07) is 11.3. The normalized spacial score (nSPS) is 10.8. The fraction of sp³-hybridized carbons (Fsp3) is 0.176. The van der Waals surface area contributed by atoms with Crippen LogP contribution in [0.4, 0.5) is 0 Å². The molecular weight excluding hydrogens is 266 g/mol. The molecule has 0 aromatic carbocycles. The third kappa shape index (κ3) is 2.40. The average molecular weight is 282 g/mol. The standard InChI is InChI=1S/C17H16NO3/c1-3-20-17(19)13-7-9-15(16-5-4-10-21-16)18-11-12(2)6-8-14(13)18/h4-11H,3H2,1-2H3/q+1. The molecule has 0 aliphatic rings. The van der Waals surface area contributed by atoms with Crippen molar-refractivity contribution >= 4 is 11.5 Å². The van der Waals surface area contributed by atoms with Crippen LogP contribution in [0.25, 0.3) is 17.0 Å². The van der Waals surface area contributed by atoms with Gasteiger partial charge >= 0.3 is 5.97 Å². The van der Waals surface area contributed by atoms with Crippen molar-refractivity contribution in [3.63, 3.8) is 0 Å². The van der Waals surface area contributed by atoms with E-state index < -0.39 is 0 Å². The van der Waals surface area contributed by atoms with E-state index in [9.17, 15) is 4.79 Å². The molecule has 0 radical (unpaired) electrons. The second-order valence-electron chi connectivity index (χ2n) is 4.79. The summed E-state index contributed by atoms with van der Waals surface area (Å²) in [7, 11) is 0. The monoisotopic (exact) mass is 282 g/mol. The Kier molecular flexibility index (Phi) is 3.44. The Morgan fingerprint density at radius 2 is 2.10 bits per heavy atom. The van der Waals surface area contributed by atoms with E-state index in [2.05, 4.69) is 0 Å². The molecule has 0 aliphatic carbocycles. The zero-order chi connectivity index (χ0) is 14.8. The largest absolute Gasteiger partial charge is 0.462 e. The highest BCUT2D eigenvalue weighted by atomic mass is 16.5. The van der Waals surface area contributed by atoms with Crippen LogP contribution in [0, 0.1) is 6.92 Å². The van der Waals surface area contributed by atoms with E-state index in [0.29, 0.717) is 12.2 Å². The van der Waals surface area contributed by atoms with Crippen molar-refractivity contribution in [3.05, 3.63) is 60.0 Å². The Labute approximate surface area is 122 Å². The van der Waals surface area contributed by atoms with Crippen LogP contribution in [0.2, 0.25) is 0 Å². The van der Waals surface area contributed by atoms with Gasteiger partial charge in [-0.25, -0.2) is 4.79 Å². The molecule has 4 heteroatoms. The number of nitrogens with zero attached hydrogens (tertiary/aromatic N) is 1. The van der Waals surface area contributed by atoms with Crippen molar-refractivity contribution in [1.82, 2.24) is 0 Å². The molecule has 4 nitrogen and oxygen atoms in total. The first-order chi connectivity index (χ1) is 10.2. The Hall–Kier alpha value is -2.62. The van der Waals surface area contributed by atoms with E-state index in [1.54, 1.807) is 19.3 Å². The molecule has 3 aromatic heterocycles. The smallest absolute Gasteiger partial charge is 0.344 e. The lowest BCUT2D eigenvalue weighted by Crippen LogP contribution is -2.27. The van der Waals surface area contributed by atoms with Gasteiger partial charge in [0.1, 0.15) is 5.56 Å². The highest BCUT2D eigenvalue weighted by Crippen LogP contribution is 2.19. The number of aromatic nitrogens is 1. The number of ether oxygens (including phenoxy) is 1. The van der Waals surface area contributed by atoms with Crippen LogP contribution in [-0.4, -0.2) is 12.6 Å². The van der Waals surface area contributed by atoms with Gasteiger partial charge in [0, 0.05) is 17.7 Å². The third-order valence-electron chi connectivity index (χ3n) is 3.31. The van der Waals surface area contributed by atoms with Gasteiger partial charge in [-0.1, -0.05) is 0 Å². The van der Waals surface area contributed by atoms with Crippen LogP contribution in [0.15, 0.2) is 53.3 Å². The summed E-state index contributed by atoms with van der Waals surface area (Å²) in [5.41, 5.74) is 3.34. The molecule has 0 atom stereocenters. The van der Waals surface area contributed by atoms with Crippen LogP contribution in [0.5, 0.6) is 0 Å². The van der Waals surface area contributed by atoms with Crippen LogP contribution in [0.3, 0.4) is 0 Å². The molecule has 0 saturated carbocycles. The summed E-state index contributed by atoms with van der Waals surface area (Å²) in [5, 5.41) is 0. The number of furan rings is 1. The van der Waals surface area contributed by atoms with E-state index in [1.165, 1.54) is 0 Å². The maximum absolute atomic E-state index is 12.1. The molecule has 0 spiro atoms. The highest BCUT2D eigenvalue weighted by molar-refractivity contribution is 5.96. The number of rotatable bonds is 3. The van der Waals surface area contributed by atoms with E-state index in [4.69, 9.17) is 9.15 Å². The Morgan fingerprint density at radius 3 is 2.81 bits per heavy atom. The number of pyridine rings is 2. The van der Waals surface area contributed by atoms with Gasteiger partial charge in [-0.2, -0.15) is 4.40 Å². The quantitative estimate of drug-likeness (QED) is 0.547. The molecule has 3 heterocycles. The van der Waals surface area contributed by atoms with Crippen molar-refractivity contribution in [2.24, 2.45) is 0 Å². The molecule has 0 unspecified atom stereocenters. The zero-order valence-electron chi connectivity index (χ0n) is 12.0. The molecule has 0 saturated heterocycles. The minimum absolute atomic E-state index is 0.315. The topological polar surface area (TPSA) is 43.5 Å². The van der Waals surface area contributed by atoms with E-state index in [-0.39, 0.29) is 5.97 Å². The number of carbonyl (C=O) groups is 1. The summed E-state index contributed by atoms with van der Waals surface area (Å²) >= 11 is 0. The van der Waals surface area contributed by atoms with Gasteiger partial charge in [0.05, 0.1) is 12.9 Å². The van der Waals surface area contributed by atoms with Crippen molar-refractivity contribution in [3.8, 4) is 11.5 Å². The predicted molar refractivity (Wildman–Crippen MR) is 78.0 cm³/mol. The van der Waals surface area contributed by atoms with Gasteiger partial charge in [0.15, 0.2) is 12.0 Å². The first-order valence-electron chi connectivity index (χ1n) is 6.86. The lowest BCUT2D eigenvalue weighted by molar-refractivity contribution is -0.500. The number of aryl methyl sites for hydroxylation is 1. The Balaban J connectivity index is 2.26. The SMILES string of the molecule is CCOC(=O)c1ccc(-c2ccco2)[n+]2cc(C)ccc12. The van der Waals surface area contributed by atoms with Gasteiger partial charge in [-0.15, -0.1) is 0 Å². The Morgan fingerprint density at radius 1 is 1.24 bits per heavy atom. The van der Waals surface area contributed by atoms with Gasteiger partial charge in [0.25, 0.3) is 5.69 Å². The molecule has 0 amide bonds. The number of fused-ring (bicyclic) bond motifs is 1. The molecule has 0 fully saturated rings. The summed E-state index contributed by atoms with van der Waals surface area (Å²) in [6.07, 6.45) is 3.62. The van der Waals surface area contributed by atoms with Crippen LogP contribution >= 0.6 is 0 Å². The maximum atomic E-state index is 12.1. The fourth-order valence-corrected chi connectivity index (χ4v) is 2.36. The molecule has 3 rings (SSSR count). The molecule has 0 N–H and O–H groups in total.